The van der Waals surface area contributed by atoms with E-state index >= 15 is 0 Å². The number of anilines is 2. The number of nitrogens with zero attached hydrogens (tertiary/aromatic N) is 2. The van der Waals surface area contributed by atoms with Crippen molar-refractivity contribution in [1.82, 2.24) is 19.9 Å². The Kier molecular flexibility index (Phi) is 11.0. The number of hydrogen-bond acceptors (Lipinski definition) is 10. The van der Waals surface area contributed by atoms with Crippen LogP contribution in [0.25, 0.3) is 33.2 Å². The number of aromatic nitrogens is 4. The van der Waals surface area contributed by atoms with Crippen molar-refractivity contribution in [2.75, 3.05) is 49.6 Å². The van der Waals surface area contributed by atoms with Crippen molar-refractivity contribution >= 4 is 68.8 Å². The minimum Gasteiger partial charge on any atom is -0.495 e. The minimum absolute atomic E-state index is 0.152. The largest absolute Gasteiger partial charge is 0.495 e. The molecule has 4 N–H and O–H groups in total. The summed E-state index contributed by atoms with van der Waals surface area (Å²) in [5.41, 5.74) is 6.06. The zero-order valence-electron chi connectivity index (χ0n) is 27.9. The highest BCUT2D eigenvalue weighted by atomic mass is 32.2. The van der Waals surface area contributed by atoms with Crippen molar-refractivity contribution in [2.45, 2.75) is 24.2 Å². The van der Waals surface area contributed by atoms with Gasteiger partial charge < -0.3 is 39.5 Å². The number of amides is 2. The van der Waals surface area contributed by atoms with Gasteiger partial charge in [-0.25, -0.2) is 9.97 Å². The lowest BCUT2D eigenvalue weighted by atomic mass is 10.0. The number of ether oxygens (including phenoxy) is 4. The Morgan fingerprint density at radius 2 is 1.08 bits per heavy atom. The summed E-state index contributed by atoms with van der Waals surface area (Å²) in [5, 5.41) is 7.14. The van der Waals surface area contributed by atoms with Crippen LogP contribution in [0.15, 0.2) is 83.1 Å². The van der Waals surface area contributed by atoms with E-state index in [-0.39, 0.29) is 23.3 Å². The lowest BCUT2D eigenvalue weighted by Crippen LogP contribution is -2.15. The smallest absolute Gasteiger partial charge is 0.234 e. The summed E-state index contributed by atoms with van der Waals surface area (Å²) in [6, 6.07) is 22.3. The highest BCUT2D eigenvalue weighted by molar-refractivity contribution is 8.00. The third-order valence-electron chi connectivity index (χ3n) is 7.45. The molecular weight excluding hydrogens is 677 g/mol. The number of H-pyrrole nitrogens is 2. The molecule has 0 saturated heterocycles. The number of benzene rings is 4. The lowest BCUT2D eigenvalue weighted by Gasteiger charge is -2.14. The Balaban J connectivity index is 1.06. The first-order valence-electron chi connectivity index (χ1n) is 15.8. The molecular formula is C36H36N6O6S2. The monoisotopic (exact) mass is 712 g/mol. The second-order valence-corrected chi connectivity index (χ2v) is 12.7. The number of fused-ring (bicyclic) bond motifs is 2. The number of hydrogen-bond donors (Lipinski definition) is 4. The predicted octanol–water partition coefficient (Wildman–Crippen LogP) is 7.38. The van der Waals surface area contributed by atoms with Crippen LogP contribution in [-0.4, -0.2) is 70.7 Å². The maximum absolute atomic E-state index is 12.9. The number of carbonyl (C=O) groups is 2. The summed E-state index contributed by atoms with van der Waals surface area (Å²) in [4.78, 5) is 41.3. The van der Waals surface area contributed by atoms with Crippen LogP contribution in [0.5, 0.6) is 23.0 Å². The van der Waals surface area contributed by atoms with E-state index < -0.39 is 0 Å². The van der Waals surface area contributed by atoms with Gasteiger partial charge in [-0.2, -0.15) is 0 Å². The Bertz CT molecular complexity index is 2000. The second kappa shape index (κ2) is 15.9. The van der Waals surface area contributed by atoms with Crippen LogP contribution in [0.3, 0.4) is 0 Å². The molecule has 258 valence electrons. The summed E-state index contributed by atoms with van der Waals surface area (Å²) in [6.07, 6.45) is 0. The minimum atomic E-state index is -0.201. The van der Waals surface area contributed by atoms with E-state index in [9.17, 15) is 9.59 Å². The zero-order chi connectivity index (χ0) is 35.0. The Morgan fingerprint density at radius 3 is 1.48 bits per heavy atom. The van der Waals surface area contributed by atoms with Crippen LogP contribution < -0.4 is 29.6 Å². The van der Waals surface area contributed by atoms with Crippen molar-refractivity contribution in [3.05, 3.63) is 72.8 Å². The maximum atomic E-state index is 12.9. The first-order chi connectivity index (χ1) is 24.3. The fourth-order valence-electron chi connectivity index (χ4n) is 5.17. The molecule has 0 unspecified atom stereocenters. The van der Waals surface area contributed by atoms with Gasteiger partial charge in [0.15, 0.2) is 10.3 Å². The highest BCUT2D eigenvalue weighted by Crippen LogP contribution is 2.35. The Labute approximate surface area is 297 Å². The molecule has 0 fully saturated rings. The normalized spacial score (nSPS) is 11.0. The molecule has 2 aromatic heterocycles. The van der Waals surface area contributed by atoms with E-state index in [0.29, 0.717) is 46.4 Å². The van der Waals surface area contributed by atoms with Crippen LogP contribution in [0.2, 0.25) is 0 Å². The predicted molar refractivity (Wildman–Crippen MR) is 198 cm³/mol. The summed E-state index contributed by atoms with van der Waals surface area (Å²) in [7, 11) is 3.10. The molecule has 0 radical (unpaired) electrons. The van der Waals surface area contributed by atoms with E-state index in [1.54, 1.807) is 26.4 Å². The third-order valence-corrected chi connectivity index (χ3v) is 9.20. The van der Waals surface area contributed by atoms with Gasteiger partial charge in [0.25, 0.3) is 0 Å². The number of methoxy groups -OCH3 is 2. The van der Waals surface area contributed by atoms with Crippen LogP contribution >= 0.6 is 23.5 Å². The van der Waals surface area contributed by atoms with Crippen molar-refractivity contribution in [3.8, 4) is 34.1 Å². The maximum Gasteiger partial charge on any atom is 0.234 e. The lowest BCUT2D eigenvalue weighted by molar-refractivity contribution is -0.114. The van der Waals surface area contributed by atoms with E-state index in [4.69, 9.17) is 18.9 Å². The van der Waals surface area contributed by atoms with Gasteiger partial charge in [-0.05, 0) is 73.5 Å². The quantitative estimate of drug-likeness (QED) is 0.0794. The van der Waals surface area contributed by atoms with E-state index in [1.165, 1.54) is 23.5 Å². The van der Waals surface area contributed by atoms with Gasteiger partial charge in [-0.1, -0.05) is 35.7 Å². The number of thioether (sulfide) groups is 2. The Hall–Kier alpha value is -5.34. The first kappa shape index (κ1) is 34.5. The van der Waals surface area contributed by atoms with Gasteiger partial charge in [-0.3, -0.25) is 9.59 Å². The second-order valence-electron chi connectivity index (χ2n) is 10.8. The molecule has 0 atom stereocenters. The molecule has 0 spiro atoms. The third kappa shape index (κ3) is 8.26. The van der Waals surface area contributed by atoms with Gasteiger partial charge in [0, 0.05) is 12.1 Å². The molecule has 0 aliphatic heterocycles. The van der Waals surface area contributed by atoms with Crippen LogP contribution in [-0.2, 0) is 9.59 Å². The van der Waals surface area contributed by atoms with E-state index in [2.05, 4.69) is 30.6 Å². The fraction of sp³-hybridized carbons (Fsp3) is 0.222. The van der Waals surface area contributed by atoms with Gasteiger partial charge in [0.1, 0.15) is 23.0 Å². The Morgan fingerprint density at radius 1 is 0.640 bits per heavy atom. The van der Waals surface area contributed by atoms with Gasteiger partial charge >= 0.3 is 0 Å². The van der Waals surface area contributed by atoms with Crippen LogP contribution in [0.1, 0.15) is 13.8 Å². The van der Waals surface area contributed by atoms with E-state index in [0.717, 1.165) is 44.7 Å². The fourth-order valence-corrected chi connectivity index (χ4v) is 6.54. The molecule has 2 amide bonds. The molecule has 0 aliphatic rings. The number of aromatic amines is 2. The molecule has 0 bridgehead atoms. The number of carbonyl (C=O) groups excluding carboxylic acids is 2. The average Bonchev–Trinajstić information content (AvgIpc) is 3.73. The van der Waals surface area contributed by atoms with Gasteiger partial charge in [0.05, 0.1) is 72.4 Å². The standard InChI is InChI=1S/C36H36N6O6S2/c1-5-47-23-9-13-25-29(17-23)41-35(39-25)49-19-33(43)37-27-11-7-21(15-31(27)45-3)22-8-12-28(32(16-22)46-4)38-34(44)20-50-36-40-26-14-10-24(48-6-2)18-30(26)42-36/h7-18H,5-6,19-20H2,1-4H3,(H,37,43)(H,38,44)(H,39,41)(H,40,42). The van der Waals surface area contributed by atoms with Crippen molar-refractivity contribution in [3.63, 3.8) is 0 Å². The van der Waals surface area contributed by atoms with E-state index in [1.807, 2.05) is 74.5 Å². The summed E-state index contributed by atoms with van der Waals surface area (Å²) in [6.45, 7) is 5.02. The SMILES string of the molecule is CCOc1ccc2nc(SCC(=O)Nc3ccc(-c4ccc(NC(=O)CSc5nc6ccc(OCC)cc6[nH]5)c(OC)c4)cc3OC)[nH]c2c1. The van der Waals surface area contributed by atoms with Crippen molar-refractivity contribution in [1.29, 1.82) is 0 Å². The molecule has 2 heterocycles. The van der Waals surface area contributed by atoms with Crippen LogP contribution in [0.4, 0.5) is 11.4 Å². The zero-order valence-corrected chi connectivity index (χ0v) is 29.6. The molecule has 0 aliphatic carbocycles. The molecule has 4 aromatic carbocycles. The molecule has 12 nitrogen and oxygen atoms in total. The molecule has 0 saturated carbocycles. The summed E-state index contributed by atoms with van der Waals surface area (Å²) >= 11 is 2.61. The van der Waals surface area contributed by atoms with Crippen LogP contribution in [0, 0.1) is 0 Å². The van der Waals surface area contributed by atoms with Crippen molar-refractivity contribution in [2.24, 2.45) is 0 Å². The average molecular weight is 713 g/mol. The molecule has 6 aromatic rings. The number of rotatable bonds is 15. The van der Waals surface area contributed by atoms with Gasteiger partial charge in [-0.15, -0.1) is 0 Å². The summed E-state index contributed by atoms with van der Waals surface area (Å²) < 4.78 is 22.3. The van der Waals surface area contributed by atoms with Crippen molar-refractivity contribution < 1.29 is 28.5 Å². The molecule has 6 rings (SSSR count). The number of imidazole rings is 2. The number of nitrogens with one attached hydrogen (secondary N) is 4. The topological polar surface area (TPSA) is 152 Å². The molecule has 14 heteroatoms. The van der Waals surface area contributed by atoms with Gasteiger partial charge in [0.2, 0.25) is 11.8 Å². The highest BCUT2D eigenvalue weighted by Gasteiger charge is 2.15. The summed E-state index contributed by atoms with van der Waals surface area (Å²) in [5.74, 6) is 2.43. The molecule has 50 heavy (non-hydrogen) atoms. The first-order valence-corrected chi connectivity index (χ1v) is 17.8.